The van der Waals surface area contributed by atoms with E-state index in [0.717, 1.165) is 24.4 Å². The largest absolute Gasteiger partial charge is 0.490 e. The van der Waals surface area contributed by atoms with Crippen molar-refractivity contribution in [1.82, 2.24) is 14.9 Å². The first kappa shape index (κ1) is 23.3. The lowest BCUT2D eigenvalue weighted by atomic mass is 9.93. The van der Waals surface area contributed by atoms with Gasteiger partial charge in [0.1, 0.15) is 11.5 Å². The molecule has 0 saturated carbocycles. The summed E-state index contributed by atoms with van der Waals surface area (Å²) >= 11 is 7.54. The summed E-state index contributed by atoms with van der Waals surface area (Å²) in [6.45, 7) is 1.97. The zero-order valence-electron chi connectivity index (χ0n) is 17.0. The molecule has 3 aliphatic rings. The Morgan fingerprint density at radius 1 is 1.21 bits per heavy atom. The molecule has 0 radical (unpaired) electrons. The zero-order chi connectivity index (χ0) is 23.8. The van der Waals surface area contributed by atoms with Crippen LogP contribution < -0.4 is 15.5 Å². The minimum Gasteiger partial charge on any atom is -0.475 e. The number of aliphatic carboxylic acids is 1. The van der Waals surface area contributed by atoms with E-state index in [1.165, 1.54) is 24.2 Å². The maximum absolute atomic E-state index is 12.7. The number of thiophene rings is 1. The van der Waals surface area contributed by atoms with Crippen molar-refractivity contribution < 1.29 is 27.9 Å². The number of carboxylic acids is 1. The summed E-state index contributed by atoms with van der Waals surface area (Å²) in [6.07, 6.45) is -2.67. The van der Waals surface area contributed by atoms with E-state index in [9.17, 15) is 18.0 Å². The molecule has 33 heavy (non-hydrogen) atoms. The monoisotopic (exact) mass is 501 g/mol. The molecule has 3 N–H and O–H groups in total. The third kappa shape index (κ3) is 5.07. The van der Waals surface area contributed by atoms with Crippen LogP contribution in [0.5, 0.6) is 0 Å². The Labute approximate surface area is 194 Å². The Bertz CT molecular complexity index is 1170. The number of nitrogens with one attached hydrogen (secondary N) is 2. The third-order valence-electron chi connectivity index (χ3n) is 5.47. The zero-order valence-corrected chi connectivity index (χ0v) is 18.5. The molecular formula is C20H19ClF3N5O3S. The van der Waals surface area contributed by atoms with E-state index in [4.69, 9.17) is 26.6 Å². The highest BCUT2D eigenvalue weighted by Crippen LogP contribution is 2.28. The molecule has 13 heteroatoms. The number of rotatable bonds is 3. The van der Waals surface area contributed by atoms with Gasteiger partial charge in [-0.25, -0.2) is 9.31 Å². The van der Waals surface area contributed by atoms with Gasteiger partial charge in [-0.3, -0.25) is 4.79 Å². The van der Waals surface area contributed by atoms with Gasteiger partial charge in [-0.1, -0.05) is 11.6 Å². The number of alkyl halides is 3. The SMILES string of the molecule is O=C(Nc1cscc1Cl)c1ccc2ccc(N3C[C@@H]4CC[C@H]3CN4)nn12.O=C(O)C(F)(F)F. The second-order valence-electron chi connectivity index (χ2n) is 7.63. The van der Waals surface area contributed by atoms with Crippen molar-refractivity contribution in [3.8, 4) is 0 Å². The number of carbonyl (C=O) groups is 2. The van der Waals surface area contributed by atoms with Gasteiger partial charge in [0.15, 0.2) is 0 Å². The highest BCUT2D eigenvalue weighted by atomic mass is 35.5. The van der Waals surface area contributed by atoms with Gasteiger partial charge in [-0.15, -0.1) is 16.4 Å². The van der Waals surface area contributed by atoms with Gasteiger partial charge in [0.25, 0.3) is 5.91 Å². The molecule has 2 atom stereocenters. The molecule has 8 nitrogen and oxygen atoms in total. The summed E-state index contributed by atoms with van der Waals surface area (Å²) in [5.74, 6) is -2.04. The van der Waals surface area contributed by atoms with Gasteiger partial charge in [0.05, 0.1) is 16.2 Å². The number of nitrogens with zero attached hydrogens (tertiary/aromatic N) is 3. The van der Waals surface area contributed by atoms with Crippen LogP contribution in [0.25, 0.3) is 5.52 Å². The molecule has 3 saturated heterocycles. The van der Waals surface area contributed by atoms with E-state index in [1.807, 2.05) is 23.6 Å². The maximum Gasteiger partial charge on any atom is 0.490 e. The van der Waals surface area contributed by atoms with Crippen LogP contribution >= 0.6 is 22.9 Å². The number of aromatic nitrogens is 2. The van der Waals surface area contributed by atoms with Crippen molar-refractivity contribution in [2.75, 3.05) is 23.3 Å². The molecule has 0 aromatic carbocycles. The molecule has 6 rings (SSSR count). The average Bonchev–Trinajstić information content (AvgIpc) is 3.40. The number of fused-ring (bicyclic) bond motifs is 4. The topological polar surface area (TPSA) is 99.0 Å². The Kier molecular flexibility index (Phi) is 6.50. The molecule has 0 unspecified atom stereocenters. The van der Waals surface area contributed by atoms with Crippen molar-refractivity contribution in [2.24, 2.45) is 0 Å². The first-order valence-corrected chi connectivity index (χ1v) is 11.3. The molecule has 3 aromatic heterocycles. The Balaban J connectivity index is 0.000000325. The molecule has 3 aliphatic heterocycles. The number of carboxylic acid groups (broad SMARTS) is 1. The molecule has 0 spiro atoms. The van der Waals surface area contributed by atoms with E-state index in [1.54, 1.807) is 16.0 Å². The Morgan fingerprint density at radius 3 is 2.48 bits per heavy atom. The molecule has 2 bridgehead atoms. The Morgan fingerprint density at radius 2 is 1.94 bits per heavy atom. The summed E-state index contributed by atoms with van der Waals surface area (Å²) in [5, 5.41) is 22.5. The van der Waals surface area contributed by atoms with Gasteiger partial charge in [-0.2, -0.15) is 13.2 Å². The smallest absolute Gasteiger partial charge is 0.475 e. The number of hydrogen-bond acceptors (Lipinski definition) is 6. The molecule has 6 heterocycles. The van der Waals surface area contributed by atoms with E-state index >= 15 is 0 Å². The predicted molar refractivity (Wildman–Crippen MR) is 118 cm³/mol. The summed E-state index contributed by atoms with van der Waals surface area (Å²) in [7, 11) is 0. The van der Waals surface area contributed by atoms with Crippen LogP contribution in [0.15, 0.2) is 35.0 Å². The number of anilines is 2. The van der Waals surface area contributed by atoms with Gasteiger partial charge in [-0.05, 0) is 37.1 Å². The van der Waals surface area contributed by atoms with Gasteiger partial charge < -0.3 is 20.6 Å². The van der Waals surface area contributed by atoms with Crippen LogP contribution in [0.4, 0.5) is 24.7 Å². The lowest BCUT2D eigenvalue weighted by molar-refractivity contribution is -0.192. The number of hydrogen-bond donors (Lipinski definition) is 3. The maximum atomic E-state index is 12.7. The van der Waals surface area contributed by atoms with E-state index in [2.05, 4.69) is 15.5 Å². The number of piperidine rings is 2. The quantitative estimate of drug-likeness (QED) is 0.504. The van der Waals surface area contributed by atoms with Crippen molar-refractivity contribution in [1.29, 1.82) is 0 Å². The highest BCUT2D eigenvalue weighted by Gasteiger charge is 2.38. The second-order valence-corrected chi connectivity index (χ2v) is 8.78. The minimum atomic E-state index is -5.08. The van der Waals surface area contributed by atoms with Gasteiger partial charge in [0.2, 0.25) is 0 Å². The fourth-order valence-corrected chi connectivity index (χ4v) is 4.81. The van der Waals surface area contributed by atoms with Crippen molar-refractivity contribution >= 4 is 51.8 Å². The number of amides is 1. The van der Waals surface area contributed by atoms with Crippen LogP contribution in [0.3, 0.4) is 0 Å². The second kappa shape index (κ2) is 9.20. The molecule has 1 amide bonds. The lowest BCUT2D eigenvalue weighted by Crippen LogP contribution is -2.61. The Hall–Kier alpha value is -2.83. The molecule has 0 aliphatic carbocycles. The first-order valence-electron chi connectivity index (χ1n) is 9.95. The average molecular weight is 502 g/mol. The fraction of sp³-hybridized carbons (Fsp3) is 0.350. The fourth-order valence-electron chi connectivity index (χ4n) is 3.85. The summed E-state index contributed by atoms with van der Waals surface area (Å²) in [6, 6.07) is 8.78. The van der Waals surface area contributed by atoms with E-state index in [0.29, 0.717) is 28.5 Å². The summed E-state index contributed by atoms with van der Waals surface area (Å²) < 4.78 is 33.5. The number of halogens is 4. The number of carbonyl (C=O) groups excluding carboxylic acids is 1. The van der Waals surface area contributed by atoms with Crippen molar-refractivity contribution in [3.63, 3.8) is 0 Å². The van der Waals surface area contributed by atoms with Gasteiger partial charge in [0, 0.05) is 35.9 Å². The third-order valence-corrected chi connectivity index (χ3v) is 6.66. The van der Waals surface area contributed by atoms with Crippen molar-refractivity contribution in [2.45, 2.75) is 31.1 Å². The number of piperazine rings is 1. The molecular weight excluding hydrogens is 483 g/mol. The van der Waals surface area contributed by atoms with Crippen LogP contribution in [0, 0.1) is 0 Å². The van der Waals surface area contributed by atoms with Crippen LogP contribution in [-0.4, -0.2) is 57.9 Å². The van der Waals surface area contributed by atoms with E-state index < -0.39 is 12.1 Å². The lowest BCUT2D eigenvalue weighted by Gasteiger charge is -2.46. The highest BCUT2D eigenvalue weighted by molar-refractivity contribution is 7.09. The summed E-state index contributed by atoms with van der Waals surface area (Å²) in [4.78, 5) is 24.0. The molecule has 176 valence electrons. The molecule has 3 aromatic rings. The van der Waals surface area contributed by atoms with Crippen LogP contribution in [0.2, 0.25) is 5.02 Å². The summed E-state index contributed by atoms with van der Waals surface area (Å²) in [5.41, 5.74) is 2.03. The predicted octanol–water partition coefficient (Wildman–Crippen LogP) is 3.88. The molecule has 3 fully saturated rings. The normalized spacial score (nSPS) is 19.8. The van der Waals surface area contributed by atoms with Gasteiger partial charge >= 0.3 is 12.1 Å². The van der Waals surface area contributed by atoms with E-state index in [-0.39, 0.29) is 5.91 Å². The van der Waals surface area contributed by atoms with Crippen LogP contribution in [-0.2, 0) is 4.79 Å². The standard InChI is InChI=1S/C18H18ClN5OS.C2HF3O2/c19-14-9-26-10-15(14)21-18(25)16-5-3-12-4-6-17(22-24(12)16)23-8-11-1-2-13(23)7-20-11;3-2(4,5)1(6)7/h3-6,9-11,13,20H,1-2,7-8H2,(H,21,25);(H,6,7)/t11-,13-;/m0./s1. The first-order chi connectivity index (χ1) is 15.6. The van der Waals surface area contributed by atoms with Crippen LogP contribution in [0.1, 0.15) is 23.3 Å². The minimum absolute atomic E-state index is 0.211. The van der Waals surface area contributed by atoms with Crippen molar-refractivity contribution in [3.05, 3.63) is 45.7 Å².